The molecule has 0 N–H and O–H groups in total. The minimum absolute atomic E-state index is 0.0346. The predicted molar refractivity (Wildman–Crippen MR) is 112 cm³/mol. The first-order valence-electron chi connectivity index (χ1n) is 9.48. The molecule has 29 heavy (non-hydrogen) atoms. The number of aryl methyl sites for hydroxylation is 1. The molecule has 8 heteroatoms. The number of ether oxygens (including phenoxy) is 1. The molecule has 0 aliphatic heterocycles. The zero-order valence-corrected chi connectivity index (χ0v) is 17.1. The van der Waals surface area contributed by atoms with Crippen molar-refractivity contribution in [1.82, 2.24) is 0 Å². The Bertz CT molecular complexity index is 996. The predicted octanol–water partition coefficient (Wildman–Crippen LogP) is 4.61. The third-order valence-electron chi connectivity index (χ3n) is 4.99. The van der Waals surface area contributed by atoms with Crippen LogP contribution in [0.4, 0.5) is 11.4 Å². The minimum atomic E-state index is -4.01. The number of nitrogens with zero attached hydrogens (tertiary/aromatic N) is 2. The average Bonchev–Trinajstić information content (AvgIpc) is 3.20. The van der Waals surface area contributed by atoms with E-state index in [1.165, 1.54) is 22.5 Å². The fourth-order valence-electron chi connectivity index (χ4n) is 3.42. The number of benzene rings is 2. The van der Waals surface area contributed by atoms with Crippen molar-refractivity contribution in [2.45, 2.75) is 43.6 Å². The van der Waals surface area contributed by atoms with Crippen molar-refractivity contribution in [1.29, 1.82) is 0 Å². The Balaban J connectivity index is 1.91. The SMILES string of the molecule is C=CCN(c1ccc(OC2CCCC2)cc1)S(=O)(=O)c1ccc(C)c([N+](=O)[O-])c1. The Morgan fingerprint density at radius 3 is 2.45 bits per heavy atom. The fraction of sp³-hybridized carbons (Fsp3) is 0.333. The summed E-state index contributed by atoms with van der Waals surface area (Å²) < 4.78 is 33.5. The second kappa shape index (κ2) is 8.65. The summed E-state index contributed by atoms with van der Waals surface area (Å²) in [6.07, 6.45) is 6.08. The van der Waals surface area contributed by atoms with E-state index in [4.69, 9.17) is 4.74 Å². The maximum absolute atomic E-state index is 13.2. The van der Waals surface area contributed by atoms with Crippen LogP contribution in [0.25, 0.3) is 0 Å². The number of nitro benzene ring substituents is 1. The lowest BCUT2D eigenvalue weighted by Gasteiger charge is -2.23. The van der Waals surface area contributed by atoms with Crippen LogP contribution in [-0.2, 0) is 10.0 Å². The Morgan fingerprint density at radius 2 is 1.86 bits per heavy atom. The van der Waals surface area contributed by atoms with Gasteiger partial charge in [0.15, 0.2) is 0 Å². The second-order valence-electron chi connectivity index (χ2n) is 7.05. The monoisotopic (exact) mass is 416 g/mol. The summed E-state index contributed by atoms with van der Waals surface area (Å²) in [6, 6.07) is 10.8. The van der Waals surface area contributed by atoms with Crippen molar-refractivity contribution in [2.75, 3.05) is 10.8 Å². The van der Waals surface area contributed by atoms with Crippen LogP contribution in [0.5, 0.6) is 5.75 Å². The summed E-state index contributed by atoms with van der Waals surface area (Å²) in [5.41, 5.74) is 0.606. The number of rotatable bonds is 8. The maximum atomic E-state index is 13.2. The quantitative estimate of drug-likeness (QED) is 0.356. The standard InChI is InChI=1S/C21H24N2O5S/c1-3-14-22(17-9-11-19(12-10-17)28-18-6-4-5-7-18)29(26,27)20-13-8-16(2)21(15-20)23(24)25/h3,8-13,15,18H,1,4-7,14H2,2H3. The zero-order valence-electron chi connectivity index (χ0n) is 16.3. The summed E-state index contributed by atoms with van der Waals surface area (Å²) in [5, 5.41) is 11.2. The summed E-state index contributed by atoms with van der Waals surface area (Å²) in [7, 11) is -4.01. The van der Waals surface area contributed by atoms with Gasteiger partial charge in [0.2, 0.25) is 0 Å². The van der Waals surface area contributed by atoms with Gasteiger partial charge in [0.1, 0.15) is 5.75 Å². The van der Waals surface area contributed by atoms with Crippen LogP contribution in [0.15, 0.2) is 60.0 Å². The number of anilines is 1. The molecule has 0 heterocycles. The van der Waals surface area contributed by atoms with Gasteiger partial charge < -0.3 is 4.74 Å². The third-order valence-corrected chi connectivity index (χ3v) is 6.78. The van der Waals surface area contributed by atoms with Gasteiger partial charge in [-0.25, -0.2) is 8.42 Å². The highest BCUT2D eigenvalue weighted by atomic mass is 32.2. The van der Waals surface area contributed by atoms with Crippen LogP contribution in [-0.4, -0.2) is 26.0 Å². The van der Waals surface area contributed by atoms with Gasteiger partial charge in [-0.15, -0.1) is 6.58 Å². The average molecular weight is 416 g/mol. The van der Waals surface area contributed by atoms with E-state index in [9.17, 15) is 18.5 Å². The largest absolute Gasteiger partial charge is 0.490 e. The summed E-state index contributed by atoms with van der Waals surface area (Å²) >= 11 is 0. The lowest BCUT2D eigenvalue weighted by molar-refractivity contribution is -0.385. The molecule has 0 atom stereocenters. The van der Waals surface area contributed by atoms with E-state index in [0.717, 1.165) is 31.7 Å². The highest BCUT2D eigenvalue weighted by molar-refractivity contribution is 7.92. The van der Waals surface area contributed by atoms with Crippen molar-refractivity contribution in [3.8, 4) is 5.75 Å². The number of hydrogen-bond donors (Lipinski definition) is 0. The number of sulfonamides is 1. The molecule has 154 valence electrons. The minimum Gasteiger partial charge on any atom is -0.490 e. The smallest absolute Gasteiger partial charge is 0.273 e. The zero-order chi connectivity index (χ0) is 21.0. The van der Waals surface area contributed by atoms with Crippen LogP contribution < -0.4 is 9.04 Å². The molecule has 0 aromatic heterocycles. The molecule has 7 nitrogen and oxygen atoms in total. The molecular formula is C21H24N2O5S. The molecule has 2 aromatic rings. The molecule has 1 aliphatic carbocycles. The lowest BCUT2D eigenvalue weighted by Crippen LogP contribution is -2.31. The van der Waals surface area contributed by atoms with E-state index < -0.39 is 14.9 Å². The first kappa shape index (κ1) is 20.9. The van der Waals surface area contributed by atoms with Crippen LogP contribution >= 0.6 is 0 Å². The first-order chi connectivity index (χ1) is 13.8. The van der Waals surface area contributed by atoms with Crippen molar-refractivity contribution in [2.24, 2.45) is 0 Å². The molecule has 0 bridgehead atoms. The van der Waals surface area contributed by atoms with E-state index in [1.54, 1.807) is 31.2 Å². The highest BCUT2D eigenvalue weighted by Gasteiger charge is 2.27. The van der Waals surface area contributed by atoms with Gasteiger partial charge in [-0.05, 0) is 62.9 Å². The summed E-state index contributed by atoms with van der Waals surface area (Å²) in [4.78, 5) is 10.5. The van der Waals surface area contributed by atoms with Crippen molar-refractivity contribution in [3.05, 3.63) is 70.8 Å². The fourth-order valence-corrected chi connectivity index (χ4v) is 4.88. The van der Waals surface area contributed by atoms with Crippen molar-refractivity contribution < 1.29 is 18.1 Å². The Hall–Kier alpha value is -2.87. The third kappa shape index (κ3) is 4.59. The second-order valence-corrected chi connectivity index (χ2v) is 8.91. The summed E-state index contributed by atoms with van der Waals surface area (Å²) in [6.45, 7) is 5.24. The van der Waals surface area contributed by atoms with E-state index in [-0.39, 0.29) is 23.2 Å². The molecule has 2 aromatic carbocycles. The highest BCUT2D eigenvalue weighted by Crippen LogP contribution is 2.30. The molecule has 1 aliphatic rings. The number of nitro groups is 1. The van der Waals surface area contributed by atoms with E-state index in [0.29, 0.717) is 17.0 Å². The van der Waals surface area contributed by atoms with Gasteiger partial charge in [0.05, 0.1) is 28.2 Å². The molecule has 0 radical (unpaired) electrons. The van der Waals surface area contributed by atoms with Gasteiger partial charge in [-0.3, -0.25) is 14.4 Å². The molecule has 0 saturated heterocycles. The van der Waals surface area contributed by atoms with E-state index >= 15 is 0 Å². The lowest BCUT2D eigenvalue weighted by atomic mass is 10.2. The van der Waals surface area contributed by atoms with Gasteiger partial charge >= 0.3 is 0 Å². The Labute approximate surface area is 170 Å². The Kier molecular flexibility index (Phi) is 6.22. The Morgan fingerprint density at radius 1 is 1.21 bits per heavy atom. The van der Waals surface area contributed by atoms with E-state index in [2.05, 4.69) is 6.58 Å². The van der Waals surface area contributed by atoms with Gasteiger partial charge in [-0.1, -0.05) is 12.1 Å². The van der Waals surface area contributed by atoms with Crippen LogP contribution in [0, 0.1) is 17.0 Å². The van der Waals surface area contributed by atoms with Gasteiger partial charge in [0, 0.05) is 11.6 Å². The van der Waals surface area contributed by atoms with E-state index in [1.807, 2.05) is 0 Å². The first-order valence-corrected chi connectivity index (χ1v) is 10.9. The van der Waals surface area contributed by atoms with Crippen LogP contribution in [0.2, 0.25) is 0 Å². The molecule has 0 amide bonds. The molecule has 1 fully saturated rings. The maximum Gasteiger partial charge on any atom is 0.273 e. The molecule has 0 spiro atoms. The van der Waals surface area contributed by atoms with Crippen LogP contribution in [0.1, 0.15) is 31.2 Å². The molecule has 0 unspecified atom stereocenters. The molecule has 1 saturated carbocycles. The van der Waals surface area contributed by atoms with Crippen LogP contribution in [0.3, 0.4) is 0 Å². The van der Waals surface area contributed by atoms with Gasteiger partial charge in [0.25, 0.3) is 15.7 Å². The van der Waals surface area contributed by atoms with Crippen molar-refractivity contribution >= 4 is 21.4 Å². The number of hydrogen-bond acceptors (Lipinski definition) is 5. The van der Waals surface area contributed by atoms with Gasteiger partial charge in [-0.2, -0.15) is 0 Å². The normalized spacial score (nSPS) is 14.5. The molecular weight excluding hydrogens is 392 g/mol. The van der Waals surface area contributed by atoms with Crippen molar-refractivity contribution in [3.63, 3.8) is 0 Å². The molecule has 3 rings (SSSR count). The summed E-state index contributed by atoms with van der Waals surface area (Å²) in [5.74, 6) is 0.697. The topological polar surface area (TPSA) is 89.8 Å².